The minimum absolute atomic E-state index is 0.173. The first-order valence-electron chi connectivity index (χ1n) is 10.3. The Morgan fingerprint density at radius 2 is 1.87 bits per heavy atom. The maximum absolute atomic E-state index is 14.8. The molecule has 0 atom stereocenters. The van der Waals surface area contributed by atoms with Gasteiger partial charge in [0, 0.05) is 49.3 Å². The highest BCUT2D eigenvalue weighted by atomic mass is 19.1. The fraction of sp³-hybridized carbons (Fsp3) is 0.292. The zero-order valence-electron chi connectivity index (χ0n) is 17.3. The molecule has 2 aromatic carbocycles. The van der Waals surface area contributed by atoms with E-state index in [-0.39, 0.29) is 17.7 Å². The van der Waals surface area contributed by atoms with Crippen molar-refractivity contribution in [3.63, 3.8) is 0 Å². The number of nitrogens with zero attached hydrogens (tertiary/aromatic N) is 1. The summed E-state index contributed by atoms with van der Waals surface area (Å²) in [6.07, 6.45) is 3.62. The Kier molecular flexibility index (Phi) is 5.86. The SMILES string of the molecule is CNc1c(C(=N)NC2CCOCC2)c(-c2ccccc2F)cn1-c1cccc(C)c1. The number of ether oxygens (including phenoxy) is 1. The molecule has 30 heavy (non-hydrogen) atoms. The lowest BCUT2D eigenvalue weighted by Crippen LogP contribution is -2.39. The summed E-state index contributed by atoms with van der Waals surface area (Å²) in [6.45, 7) is 3.42. The normalized spacial score (nSPS) is 14.5. The van der Waals surface area contributed by atoms with Crippen molar-refractivity contribution >= 4 is 11.7 Å². The van der Waals surface area contributed by atoms with E-state index in [2.05, 4.69) is 16.7 Å². The van der Waals surface area contributed by atoms with E-state index in [1.807, 2.05) is 49.0 Å². The van der Waals surface area contributed by atoms with E-state index in [4.69, 9.17) is 10.1 Å². The molecule has 4 rings (SSSR count). The summed E-state index contributed by atoms with van der Waals surface area (Å²) in [7, 11) is 1.83. The highest BCUT2D eigenvalue weighted by molar-refractivity contribution is 6.07. The van der Waals surface area contributed by atoms with Crippen molar-refractivity contribution in [3.8, 4) is 16.8 Å². The number of benzene rings is 2. The first-order chi connectivity index (χ1) is 14.6. The fourth-order valence-electron chi connectivity index (χ4n) is 3.99. The van der Waals surface area contributed by atoms with Crippen molar-refractivity contribution in [1.82, 2.24) is 9.88 Å². The molecule has 1 aliphatic heterocycles. The summed E-state index contributed by atoms with van der Waals surface area (Å²) in [6, 6.07) is 15.0. The zero-order chi connectivity index (χ0) is 21.1. The van der Waals surface area contributed by atoms with Gasteiger partial charge in [0.2, 0.25) is 0 Å². The number of aromatic nitrogens is 1. The Labute approximate surface area is 176 Å². The molecule has 156 valence electrons. The van der Waals surface area contributed by atoms with Crippen LogP contribution in [0.25, 0.3) is 16.8 Å². The van der Waals surface area contributed by atoms with Crippen LogP contribution in [0.2, 0.25) is 0 Å². The summed E-state index contributed by atoms with van der Waals surface area (Å²) in [4.78, 5) is 0. The summed E-state index contributed by atoms with van der Waals surface area (Å²) in [5, 5.41) is 15.4. The van der Waals surface area contributed by atoms with Crippen molar-refractivity contribution in [2.75, 3.05) is 25.6 Å². The van der Waals surface area contributed by atoms with Gasteiger partial charge in [-0.1, -0.05) is 30.3 Å². The number of hydrogen-bond donors (Lipinski definition) is 3. The molecule has 1 saturated heterocycles. The summed E-state index contributed by atoms with van der Waals surface area (Å²) in [5.74, 6) is 0.737. The highest BCUT2D eigenvalue weighted by Gasteiger charge is 2.25. The molecular formula is C24H27FN4O. The predicted octanol–water partition coefficient (Wildman–Crippen LogP) is 4.73. The molecular weight excluding hydrogens is 379 g/mol. The lowest BCUT2D eigenvalue weighted by atomic mass is 10.0. The van der Waals surface area contributed by atoms with Gasteiger partial charge in [-0.05, 0) is 43.5 Å². The second-order valence-electron chi connectivity index (χ2n) is 7.61. The summed E-state index contributed by atoms with van der Waals surface area (Å²) in [5.41, 5.74) is 3.92. The van der Waals surface area contributed by atoms with E-state index in [1.165, 1.54) is 6.07 Å². The molecule has 0 saturated carbocycles. The molecule has 0 bridgehead atoms. The molecule has 0 aliphatic carbocycles. The second kappa shape index (κ2) is 8.71. The molecule has 6 heteroatoms. The van der Waals surface area contributed by atoms with Gasteiger partial charge in [0.05, 0.1) is 5.56 Å². The molecule has 0 unspecified atom stereocenters. The van der Waals surface area contributed by atoms with Crippen molar-refractivity contribution in [2.24, 2.45) is 0 Å². The molecule has 3 aromatic rings. The van der Waals surface area contributed by atoms with Gasteiger partial charge < -0.3 is 19.9 Å². The van der Waals surface area contributed by atoms with Crippen molar-refractivity contribution in [3.05, 3.63) is 71.7 Å². The quantitative estimate of drug-likeness (QED) is 0.424. The first-order valence-corrected chi connectivity index (χ1v) is 10.3. The third kappa shape index (κ3) is 3.96. The van der Waals surface area contributed by atoms with Gasteiger partial charge in [0.25, 0.3) is 0 Å². The first kappa shape index (κ1) is 20.2. The zero-order valence-corrected chi connectivity index (χ0v) is 17.3. The van der Waals surface area contributed by atoms with E-state index < -0.39 is 0 Å². The second-order valence-corrected chi connectivity index (χ2v) is 7.61. The number of amidine groups is 1. The molecule has 1 aromatic heterocycles. The van der Waals surface area contributed by atoms with Crippen LogP contribution >= 0.6 is 0 Å². The van der Waals surface area contributed by atoms with Crippen molar-refractivity contribution in [1.29, 1.82) is 5.41 Å². The molecule has 1 aliphatic rings. The van der Waals surface area contributed by atoms with E-state index in [0.29, 0.717) is 29.9 Å². The lowest BCUT2D eigenvalue weighted by molar-refractivity contribution is 0.0824. The van der Waals surface area contributed by atoms with Gasteiger partial charge >= 0.3 is 0 Å². The third-order valence-corrected chi connectivity index (χ3v) is 5.51. The van der Waals surface area contributed by atoms with E-state index in [1.54, 1.807) is 12.1 Å². The van der Waals surface area contributed by atoms with Crippen LogP contribution in [0.5, 0.6) is 0 Å². The fourth-order valence-corrected chi connectivity index (χ4v) is 3.99. The van der Waals surface area contributed by atoms with Crippen LogP contribution in [-0.2, 0) is 4.74 Å². The molecule has 1 fully saturated rings. The monoisotopic (exact) mass is 406 g/mol. The number of hydrogen-bond acceptors (Lipinski definition) is 3. The van der Waals surface area contributed by atoms with E-state index in [0.717, 1.165) is 29.9 Å². The summed E-state index contributed by atoms with van der Waals surface area (Å²) >= 11 is 0. The maximum Gasteiger partial charge on any atom is 0.131 e. The third-order valence-electron chi connectivity index (χ3n) is 5.51. The van der Waals surface area contributed by atoms with Crippen molar-refractivity contribution < 1.29 is 9.13 Å². The minimum atomic E-state index is -0.304. The van der Waals surface area contributed by atoms with Crippen LogP contribution in [0.4, 0.5) is 10.2 Å². The van der Waals surface area contributed by atoms with Gasteiger partial charge in [-0.15, -0.1) is 0 Å². The number of anilines is 1. The molecule has 0 spiro atoms. The maximum atomic E-state index is 14.8. The Bertz CT molecular complexity index is 1050. The largest absolute Gasteiger partial charge is 0.381 e. The van der Waals surface area contributed by atoms with E-state index >= 15 is 0 Å². The standard InChI is InChI=1S/C24H27FN4O/c1-16-6-5-7-18(14-16)29-15-20(19-8-3-4-9-21(19)25)22(24(29)27-2)23(26)28-17-10-12-30-13-11-17/h3-9,14-15,17,27H,10-13H2,1-2H3,(H2,26,28). The van der Waals surface area contributed by atoms with Crippen LogP contribution in [0.15, 0.2) is 54.7 Å². The van der Waals surface area contributed by atoms with Crippen LogP contribution in [0.3, 0.4) is 0 Å². The van der Waals surface area contributed by atoms with Gasteiger partial charge in [-0.2, -0.15) is 0 Å². The Morgan fingerprint density at radius 1 is 1.10 bits per heavy atom. The predicted molar refractivity (Wildman–Crippen MR) is 119 cm³/mol. The smallest absolute Gasteiger partial charge is 0.131 e. The van der Waals surface area contributed by atoms with Crippen LogP contribution in [0, 0.1) is 18.2 Å². The molecule has 5 nitrogen and oxygen atoms in total. The van der Waals surface area contributed by atoms with Crippen LogP contribution < -0.4 is 10.6 Å². The molecule has 0 radical (unpaired) electrons. The van der Waals surface area contributed by atoms with Gasteiger partial charge in [-0.25, -0.2) is 4.39 Å². The average Bonchev–Trinajstić information content (AvgIpc) is 3.14. The summed E-state index contributed by atoms with van der Waals surface area (Å²) < 4.78 is 22.2. The van der Waals surface area contributed by atoms with Crippen molar-refractivity contribution in [2.45, 2.75) is 25.8 Å². The Morgan fingerprint density at radius 3 is 2.57 bits per heavy atom. The Balaban J connectivity index is 1.85. The topological polar surface area (TPSA) is 62.1 Å². The lowest BCUT2D eigenvalue weighted by Gasteiger charge is -2.25. The minimum Gasteiger partial charge on any atom is -0.381 e. The van der Waals surface area contributed by atoms with Crippen LogP contribution in [0.1, 0.15) is 24.0 Å². The van der Waals surface area contributed by atoms with E-state index in [9.17, 15) is 4.39 Å². The number of aryl methyl sites for hydroxylation is 1. The number of nitrogens with one attached hydrogen (secondary N) is 3. The average molecular weight is 407 g/mol. The van der Waals surface area contributed by atoms with Crippen LogP contribution in [-0.4, -0.2) is 36.7 Å². The van der Waals surface area contributed by atoms with Gasteiger partial charge in [-0.3, -0.25) is 5.41 Å². The molecule has 0 amide bonds. The molecule has 3 N–H and O–H groups in total. The number of rotatable bonds is 5. The number of halogens is 1. The van der Waals surface area contributed by atoms with Gasteiger partial charge in [0.15, 0.2) is 0 Å². The van der Waals surface area contributed by atoms with Gasteiger partial charge in [0.1, 0.15) is 17.5 Å². The Hall–Kier alpha value is -3.12. The highest BCUT2D eigenvalue weighted by Crippen LogP contribution is 2.35. The molecule has 2 heterocycles.